The van der Waals surface area contributed by atoms with Gasteiger partial charge in [-0.25, -0.2) is 9.59 Å². The van der Waals surface area contributed by atoms with Gasteiger partial charge in [0, 0.05) is 0 Å². The van der Waals surface area contributed by atoms with Gasteiger partial charge in [0.1, 0.15) is 0 Å². The van der Waals surface area contributed by atoms with Crippen molar-refractivity contribution in [3.05, 3.63) is 0 Å². The molecular weight excluding hydrogens is 526 g/mol. The van der Waals surface area contributed by atoms with Crippen molar-refractivity contribution in [1.29, 1.82) is 0 Å². The fraction of sp³-hybridized carbons (Fsp3) is 0.800. The van der Waals surface area contributed by atoms with Gasteiger partial charge in [-0.15, -0.1) is 0 Å². The van der Waals surface area contributed by atoms with Gasteiger partial charge < -0.3 is 9.47 Å². The third-order valence-corrected chi connectivity index (χ3v) is 2.79. The van der Waals surface area contributed by atoms with Crippen LogP contribution in [0.5, 0.6) is 0 Å². The van der Waals surface area contributed by atoms with E-state index >= 15 is 0 Å². The van der Waals surface area contributed by atoms with E-state index in [2.05, 4.69) is 0 Å². The maximum atomic E-state index is 13.1. The molecule has 0 radical (unpaired) electrons. The second kappa shape index (κ2) is 7.63. The van der Waals surface area contributed by atoms with Crippen molar-refractivity contribution in [2.75, 3.05) is 0 Å². The fourth-order valence-corrected chi connectivity index (χ4v) is 1.09. The molecule has 0 atom stereocenters. The molecule has 0 heterocycles. The van der Waals surface area contributed by atoms with E-state index in [-0.39, 0.29) is 0 Å². The molecule has 0 saturated heterocycles. The first-order valence-corrected chi connectivity index (χ1v) is 6.38. The van der Waals surface area contributed by atoms with Crippen LogP contribution in [0.1, 0.15) is 0 Å². The molecule has 0 bridgehead atoms. The van der Waals surface area contributed by atoms with Crippen LogP contribution in [-0.2, 0) is 19.1 Å². The number of carbonyl (C=O) groups excluding carboxylic acids is 2. The molecule has 0 aliphatic carbocycles. The lowest BCUT2D eigenvalue weighted by atomic mass is 10.1. The van der Waals surface area contributed by atoms with E-state index in [0.717, 1.165) is 0 Å². The van der Waals surface area contributed by atoms with E-state index in [1.54, 1.807) is 0 Å². The molecule has 22 heteroatoms. The lowest BCUT2D eigenvalue weighted by molar-refractivity contribution is -0.453. The topological polar surface area (TPSA) is 52.6 Å². The number of hydrogen-bond acceptors (Lipinski definition) is 4. The number of rotatable bonds is 7. The molecule has 0 aliphatic rings. The molecule has 0 unspecified atom stereocenters. The molecule has 0 aromatic rings. The molecule has 32 heavy (non-hydrogen) atoms. The van der Waals surface area contributed by atoms with Gasteiger partial charge in [-0.05, 0) is 0 Å². The van der Waals surface area contributed by atoms with Gasteiger partial charge in [0.25, 0.3) is 0 Å². The van der Waals surface area contributed by atoms with Crippen LogP contribution in [0.2, 0.25) is 0 Å². The maximum Gasteiger partial charge on any atom is 0.473 e. The van der Waals surface area contributed by atoms with Gasteiger partial charge in [0.2, 0.25) is 0 Å². The average molecular weight is 526 g/mol. The van der Waals surface area contributed by atoms with Crippen LogP contribution in [0.4, 0.5) is 79.0 Å². The zero-order chi connectivity index (χ0) is 26.6. The SMILES string of the molecule is O=C(OC(F)(F)C(F)(F)C(F)(F)C(F)(F)OC(=O)C(F)(F)C(F)(F)F)C(F)(F)C(F)(F)F. The lowest BCUT2D eigenvalue weighted by Gasteiger charge is -2.35. The fourth-order valence-electron chi connectivity index (χ4n) is 1.09. The molecule has 0 aromatic carbocycles. The smallest absolute Gasteiger partial charge is 0.391 e. The van der Waals surface area contributed by atoms with E-state index in [0.29, 0.717) is 0 Å². The van der Waals surface area contributed by atoms with E-state index in [9.17, 15) is 88.6 Å². The quantitative estimate of drug-likeness (QED) is 0.349. The van der Waals surface area contributed by atoms with E-state index < -0.39 is 60.2 Å². The summed E-state index contributed by atoms with van der Waals surface area (Å²) in [7, 11) is 0. The number of carbonyl (C=O) groups is 2. The van der Waals surface area contributed by atoms with E-state index in [4.69, 9.17) is 0 Å². The largest absolute Gasteiger partial charge is 0.473 e. The average Bonchev–Trinajstić information content (AvgIpc) is 2.50. The first-order valence-electron chi connectivity index (χ1n) is 6.38. The molecular formula is C10F18O4. The van der Waals surface area contributed by atoms with Crippen LogP contribution in [-0.4, -0.2) is 60.2 Å². The third kappa shape index (κ3) is 4.71. The normalized spacial score (nSPS) is 15.4. The predicted molar refractivity (Wildman–Crippen MR) is 54.0 cm³/mol. The highest BCUT2D eigenvalue weighted by atomic mass is 19.4. The molecule has 0 aromatic heterocycles. The van der Waals surface area contributed by atoms with Crippen LogP contribution >= 0.6 is 0 Å². The molecule has 0 aliphatic heterocycles. The lowest BCUT2D eigenvalue weighted by Crippen LogP contribution is -2.65. The van der Waals surface area contributed by atoms with Gasteiger partial charge in [0.05, 0.1) is 0 Å². The van der Waals surface area contributed by atoms with Gasteiger partial charge in [0.15, 0.2) is 0 Å². The molecule has 0 amide bonds. The van der Waals surface area contributed by atoms with Crippen molar-refractivity contribution in [2.45, 2.75) is 48.3 Å². The highest BCUT2D eigenvalue weighted by molar-refractivity contribution is 5.79. The standard InChI is InChI=1S/C10F18O4/c11-3(12,7(19,20)21)1(29)31-9(25,26)5(15,16)6(17,18)10(27,28)32-2(30)4(13,14)8(22,23)24. The van der Waals surface area contributed by atoms with Crippen molar-refractivity contribution in [2.24, 2.45) is 0 Å². The van der Waals surface area contributed by atoms with Crippen molar-refractivity contribution < 1.29 is 98.1 Å². The van der Waals surface area contributed by atoms with Crippen LogP contribution in [0.25, 0.3) is 0 Å². The van der Waals surface area contributed by atoms with Crippen LogP contribution in [0.15, 0.2) is 0 Å². The number of hydrogen-bond donors (Lipinski definition) is 0. The maximum absolute atomic E-state index is 13.1. The summed E-state index contributed by atoms with van der Waals surface area (Å²) >= 11 is 0. The van der Waals surface area contributed by atoms with Crippen LogP contribution in [0.3, 0.4) is 0 Å². The Morgan fingerprint density at radius 1 is 0.406 bits per heavy atom. The van der Waals surface area contributed by atoms with Gasteiger partial charge in [-0.1, -0.05) is 0 Å². The van der Waals surface area contributed by atoms with Crippen LogP contribution in [0, 0.1) is 0 Å². The second-order valence-electron chi connectivity index (χ2n) is 5.11. The van der Waals surface area contributed by atoms with Gasteiger partial charge in [-0.3, -0.25) is 0 Å². The molecule has 4 nitrogen and oxygen atoms in total. The number of esters is 2. The zero-order valence-electron chi connectivity index (χ0n) is 13.4. The highest BCUT2D eigenvalue weighted by Gasteiger charge is 2.86. The summed E-state index contributed by atoms with van der Waals surface area (Å²) in [6.45, 7) is 0. The van der Waals surface area contributed by atoms with Crippen molar-refractivity contribution in [3.8, 4) is 0 Å². The molecule has 0 fully saturated rings. The third-order valence-electron chi connectivity index (χ3n) is 2.79. The molecule has 0 rings (SSSR count). The highest BCUT2D eigenvalue weighted by Crippen LogP contribution is 2.54. The van der Waals surface area contributed by atoms with Crippen molar-refractivity contribution >= 4 is 11.9 Å². The minimum absolute atomic E-state index is 1.53. The first-order chi connectivity index (χ1) is 13.5. The summed E-state index contributed by atoms with van der Waals surface area (Å²) in [4.78, 5) is 20.6. The molecule has 0 spiro atoms. The van der Waals surface area contributed by atoms with Crippen molar-refractivity contribution in [1.82, 2.24) is 0 Å². The first kappa shape index (κ1) is 29.7. The van der Waals surface area contributed by atoms with E-state index in [1.165, 1.54) is 9.47 Å². The summed E-state index contributed by atoms with van der Waals surface area (Å²) in [5.41, 5.74) is 0. The summed E-state index contributed by atoms with van der Waals surface area (Å²) in [5.74, 6) is -40.1. The predicted octanol–water partition coefficient (Wildman–Crippen LogP) is 4.92. The summed E-state index contributed by atoms with van der Waals surface area (Å²) < 4.78 is 228. The Hall–Kier alpha value is -2.32. The Labute approximate surface area is 160 Å². The summed E-state index contributed by atoms with van der Waals surface area (Å²) in [5, 5.41) is 0. The second-order valence-corrected chi connectivity index (χ2v) is 5.11. The number of alkyl halides is 18. The molecule has 0 N–H and O–H groups in total. The Morgan fingerprint density at radius 2 is 0.594 bits per heavy atom. The van der Waals surface area contributed by atoms with E-state index in [1.807, 2.05) is 0 Å². The monoisotopic (exact) mass is 526 g/mol. The minimum Gasteiger partial charge on any atom is -0.391 e. The van der Waals surface area contributed by atoms with Gasteiger partial charge >= 0.3 is 60.2 Å². The molecule has 0 saturated carbocycles. The Bertz CT molecular complexity index is 669. The molecule has 190 valence electrons. The van der Waals surface area contributed by atoms with Gasteiger partial charge in [-0.2, -0.15) is 79.0 Å². The number of ether oxygens (including phenoxy) is 2. The van der Waals surface area contributed by atoms with Crippen LogP contribution < -0.4 is 0 Å². The Kier molecular flexibility index (Phi) is 7.07. The van der Waals surface area contributed by atoms with Crippen molar-refractivity contribution in [3.63, 3.8) is 0 Å². The Morgan fingerprint density at radius 3 is 0.750 bits per heavy atom. The summed E-state index contributed by atoms with van der Waals surface area (Å²) in [6, 6.07) is 0. The minimum atomic E-state index is -8.17. The zero-order valence-corrected chi connectivity index (χ0v) is 13.4. The summed E-state index contributed by atoms with van der Waals surface area (Å²) in [6.07, 6.45) is -29.9. The number of halogens is 18. The Balaban J connectivity index is 6.11.